The summed E-state index contributed by atoms with van der Waals surface area (Å²) in [4.78, 5) is 15.3. The van der Waals surface area contributed by atoms with Crippen LogP contribution in [0.5, 0.6) is 0 Å². The van der Waals surface area contributed by atoms with Crippen molar-refractivity contribution in [1.82, 2.24) is 4.90 Å². The molecule has 2 rings (SSSR count). The van der Waals surface area contributed by atoms with Gasteiger partial charge in [0.2, 0.25) is 5.91 Å². The summed E-state index contributed by atoms with van der Waals surface area (Å²) < 4.78 is 0. The molecule has 1 aromatic carbocycles. The van der Waals surface area contributed by atoms with Gasteiger partial charge in [-0.15, -0.1) is 0 Å². The molecule has 0 bridgehead atoms. The van der Waals surface area contributed by atoms with Crippen molar-refractivity contribution in [3.8, 4) is 0 Å². The lowest BCUT2D eigenvalue weighted by Gasteiger charge is -2.10. The van der Waals surface area contributed by atoms with Crippen molar-refractivity contribution >= 4 is 23.2 Å². The van der Waals surface area contributed by atoms with E-state index in [4.69, 9.17) is 11.6 Å². The highest BCUT2D eigenvalue weighted by Gasteiger charge is 2.41. The Balaban J connectivity index is 2.05. The largest absolute Gasteiger partial charge is 0.355 e. The van der Waals surface area contributed by atoms with Gasteiger partial charge in [0.1, 0.15) is 6.04 Å². The first-order valence-corrected chi connectivity index (χ1v) is 5.21. The molecule has 0 N–H and O–H groups in total. The number of hydrogen-bond acceptors (Lipinski definition) is 2. The van der Waals surface area contributed by atoms with Gasteiger partial charge in [-0.25, -0.2) is 0 Å². The second-order valence-corrected chi connectivity index (χ2v) is 4.31. The highest BCUT2D eigenvalue weighted by Crippen LogP contribution is 2.29. The number of anilines is 1. The summed E-state index contributed by atoms with van der Waals surface area (Å²) in [5, 5.41) is 0.719. The molecule has 1 amide bonds. The van der Waals surface area contributed by atoms with Crippen LogP contribution in [-0.2, 0) is 4.79 Å². The maximum absolute atomic E-state index is 11.6. The number of hydrogen-bond donors (Lipinski definition) is 0. The Morgan fingerprint density at radius 1 is 1.40 bits per heavy atom. The standard InChI is InChI=1S/C11H13ClN2O/c1-13(2)11(15)10-7-14(10)9-5-3-8(12)4-6-9/h3-6,10H,7H2,1-2H3. The number of likely N-dealkylation sites (N-methyl/N-ethyl adjacent to an activating group) is 1. The Morgan fingerprint density at radius 3 is 2.53 bits per heavy atom. The fourth-order valence-corrected chi connectivity index (χ4v) is 1.69. The van der Waals surface area contributed by atoms with Crippen molar-refractivity contribution in [3.05, 3.63) is 29.3 Å². The first kappa shape index (κ1) is 10.3. The molecule has 1 aromatic rings. The van der Waals surface area contributed by atoms with Crippen LogP contribution in [0, 0.1) is 0 Å². The smallest absolute Gasteiger partial charge is 0.246 e. The minimum absolute atomic E-state index is 0.0150. The zero-order valence-corrected chi connectivity index (χ0v) is 9.53. The molecule has 3 nitrogen and oxygen atoms in total. The average molecular weight is 225 g/mol. The van der Waals surface area contributed by atoms with Crippen molar-refractivity contribution in [3.63, 3.8) is 0 Å². The highest BCUT2D eigenvalue weighted by atomic mass is 35.5. The SMILES string of the molecule is CN(C)C(=O)C1CN1c1ccc(Cl)cc1. The summed E-state index contributed by atoms with van der Waals surface area (Å²) in [6, 6.07) is 7.57. The van der Waals surface area contributed by atoms with E-state index >= 15 is 0 Å². The molecule has 0 aromatic heterocycles. The molecular weight excluding hydrogens is 212 g/mol. The number of benzene rings is 1. The monoisotopic (exact) mass is 224 g/mol. The van der Waals surface area contributed by atoms with Crippen LogP contribution in [-0.4, -0.2) is 37.5 Å². The second-order valence-electron chi connectivity index (χ2n) is 3.88. The number of amides is 1. The number of carbonyl (C=O) groups is 1. The van der Waals surface area contributed by atoms with Gasteiger partial charge in [0.15, 0.2) is 0 Å². The maximum atomic E-state index is 11.6. The predicted octanol–water partition coefficient (Wildman–Crippen LogP) is 1.62. The molecule has 0 radical (unpaired) electrons. The van der Waals surface area contributed by atoms with Crippen LogP contribution in [0.25, 0.3) is 0 Å². The molecule has 1 aliphatic rings. The van der Waals surface area contributed by atoms with E-state index in [1.165, 1.54) is 0 Å². The molecular formula is C11H13ClN2O. The Bertz CT molecular complexity index is 375. The molecule has 1 aliphatic heterocycles. The van der Waals surface area contributed by atoms with Gasteiger partial charge in [-0.3, -0.25) is 4.79 Å². The fraction of sp³-hybridized carbons (Fsp3) is 0.364. The molecule has 1 atom stereocenters. The molecule has 0 aliphatic carbocycles. The Morgan fingerprint density at radius 2 is 2.00 bits per heavy atom. The van der Waals surface area contributed by atoms with Crippen LogP contribution in [0.3, 0.4) is 0 Å². The van der Waals surface area contributed by atoms with E-state index in [2.05, 4.69) is 4.90 Å². The zero-order chi connectivity index (χ0) is 11.0. The molecule has 0 saturated carbocycles. The molecule has 1 heterocycles. The van der Waals surface area contributed by atoms with Crippen molar-refractivity contribution in [2.75, 3.05) is 25.5 Å². The van der Waals surface area contributed by atoms with Crippen molar-refractivity contribution in [2.24, 2.45) is 0 Å². The van der Waals surface area contributed by atoms with Crippen LogP contribution >= 0.6 is 11.6 Å². The Kier molecular flexibility index (Phi) is 2.57. The summed E-state index contributed by atoms with van der Waals surface area (Å²) in [5.41, 5.74) is 1.06. The number of carbonyl (C=O) groups excluding carboxylic acids is 1. The lowest BCUT2D eigenvalue weighted by molar-refractivity contribution is -0.127. The maximum Gasteiger partial charge on any atom is 0.246 e. The number of nitrogens with zero attached hydrogens (tertiary/aromatic N) is 2. The van der Waals surface area contributed by atoms with Gasteiger partial charge in [0.25, 0.3) is 0 Å². The summed E-state index contributed by atoms with van der Waals surface area (Å²) in [6.07, 6.45) is 0. The van der Waals surface area contributed by atoms with Gasteiger partial charge in [-0.2, -0.15) is 0 Å². The average Bonchev–Trinajstić information content (AvgIpc) is 2.97. The third-order valence-corrected chi connectivity index (χ3v) is 2.75. The summed E-state index contributed by atoms with van der Waals surface area (Å²) in [7, 11) is 3.56. The van der Waals surface area contributed by atoms with Gasteiger partial charge in [-0.1, -0.05) is 11.6 Å². The molecule has 1 unspecified atom stereocenters. The molecule has 80 valence electrons. The summed E-state index contributed by atoms with van der Waals surface area (Å²) in [6.45, 7) is 0.804. The second kappa shape index (κ2) is 3.74. The van der Waals surface area contributed by atoms with Gasteiger partial charge in [-0.05, 0) is 24.3 Å². The van der Waals surface area contributed by atoms with E-state index in [-0.39, 0.29) is 11.9 Å². The van der Waals surface area contributed by atoms with Gasteiger partial charge >= 0.3 is 0 Å². The lowest BCUT2D eigenvalue weighted by atomic mass is 10.3. The first-order valence-electron chi connectivity index (χ1n) is 4.83. The first-order chi connectivity index (χ1) is 7.09. The van der Waals surface area contributed by atoms with E-state index in [1.54, 1.807) is 19.0 Å². The summed E-state index contributed by atoms with van der Waals surface area (Å²) in [5.74, 6) is 0.157. The van der Waals surface area contributed by atoms with Crippen molar-refractivity contribution < 1.29 is 4.79 Å². The Labute approximate surface area is 94.2 Å². The topological polar surface area (TPSA) is 23.3 Å². The minimum atomic E-state index is 0.0150. The quantitative estimate of drug-likeness (QED) is 0.713. The van der Waals surface area contributed by atoms with E-state index < -0.39 is 0 Å². The van der Waals surface area contributed by atoms with Crippen LogP contribution < -0.4 is 4.90 Å². The lowest BCUT2D eigenvalue weighted by Crippen LogP contribution is -2.28. The van der Waals surface area contributed by atoms with Crippen molar-refractivity contribution in [2.45, 2.75) is 6.04 Å². The molecule has 1 fully saturated rings. The van der Waals surface area contributed by atoms with Gasteiger partial charge in [0.05, 0.1) is 0 Å². The highest BCUT2D eigenvalue weighted by molar-refractivity contribution is 6.30. The third kappa shape index (κ3) is 2.07. The zero-order valence-electron chi connectivity index (χ0n) is 8.77. The van der Waals surface area contributed by atoms with Crippen LogP contribution in [0.15, 0.2) is 24.3 Å². The van der Waals surface area contributed by atoms with Crippen molar-refractivity contribution in [1.29, 1.82) is 0 Å². The van der Waals surface area contributed by atoms with Crippen LogP contribution in [0.4, 0.5) is 5.69 Å². The van der Waals surface area contributed by atoms with Crippen LogP contribution in [0.2, 0.25) is 5.02 Å². The number of rotatable bonds is 2. The summed E-state index contributed by atoms with van der Waals surface area (Å²) >= 11 is 5.79. The van der Waals surface area contributed by atoms with E-state index in [9.17, 15) is 4.79 Å². The predicted molar refractivity (Wildman–Crippen MR) is 61.3 cm³/mol. The van der Waals surface area contributed by atoms with E-state index in [0.717, 1.165) is 17.3 Å². The molecule has 1 saturated heterocycles. The fourth-order valence-electron chi connectivity index (χ4n) is 1.57. The molecule has 4 heteroatoms. The van der Waals surface area contributed by atoms with Crippen LogP contribution in [0.1, 0.15) is 0 Å². The minimum Gasteiger partial charge on any atom is -0.355 e. The third-order valence-electron chi connectivity index (χ3n) is 2.50. The van der Waals surface area contributed by atoms with E-state index in [1.807, 2.05) is 24.3 Å². The van der Waals surface area contributed by atoms with Gasteiger partial charge < -0.3 is 9.80 Å². The molecule has 0 spiro atoms. The van der Waals surface area contributed by atoms with Gasteiger partial charge in [0, 0.05) is 31.4 Å². The number of halogens is 1. The van der Waals surface area contributed by atoms with E-state index in [0.29, 0.717) is 0 Å². The molecule has 15 heavy (non-hydrogen) atoms. The normalized spacial score (nSPS) is 18.9. The Hall–Kier alpha value is -1.22.